The molecule has 0 unspecified atom stereocenters. The first-order valence-corrected chi connectivity index (χ1v) is 10.0. The van der Waals surface area contributed by atoms with Crippen LogP contribution in [0, 0.1) is 0 Å². The second kappa shape index (κ2) is 7.67. The van der Waals surface area contributed by atoms with Crippen LogP contribution in [0.25, 0.3) is 16.6 Å². The van der Waals surface area contributed by atoms with E-state index in [4.69, 9.17) is 9.72 Å². The minimum Gasteiger partial charge on any atom is -0.387 e. The second-order valence-corrected chi connectivity index (χ2v) is 7.45. The van der Waals surface area contributed by atoms with Crippen molar-refractivity contribution in [3.63, 3.8) is 0 Å². The van der Waals surface area contributed by atoms with Crippen LogP contribution < -0.4 is 10.9 Å². The van der Waals surface area contributed by atoms with Crippen molar-refractivity contribution < 1.29 is 4.74 Å². The van der Waals surface area contributed by atoms with E-state index in [9.17, 15) is 4.79 Å². The van der Waals surface area contributed by atoms with E-state index >= 15 is 0 Å². The summed E-state index contributed by atoms with van der Waals surface area (Å²) in [5.41, 5.74) is 4.05. The zero-order valence-corrected chi connectivity index (χ0v) is 16.1. The van der Waals surface area contributed by atoms with Crippen molar-refractivity contribution in [3.05, 3.63) is 76.1 Å². The Labute approximate surface area is 168 Å². The summed E-state index contributed by atoms with van der Waals surface area (Å²) >= 11 is 0. The molecule has 0 amide bonds. The van der Waals surface area contributed by atoms with Crippen molar-refractivity contribution in [3.8, 4) is 0 Å². The molecular formula is C22H23N5O2. The zero-order valence-electron chi connectivity index (χ0n) is 16.1. The van der Waals surface area contributed by atoms with Crippen LogP contribution in [0.15, 0.2) is 53.6 Å². The van der Waals surface area contributed by atoms with Crippen molar-refractivity contribution >= 4 is 16.6 Å². The highest BCUT2D eigenvalue weighted by Crippen LogP contribution is 2.25. The lowest BCUT2D eigenvalue weighted by Crippen LogP contribution is -2.21. The summed E-state index contributed by atoms with van der Waals surface area (Å²) in [6, 6.07) is 8.49. The van der Waals surface area contributed by atoms with Gasteiger partial charge >= 0.3 is 0 Å². The molecular weight excluding hydrogens is 366 g/mol. The van der Waals surface area contributed by atoms with E-state index in [2.05, 4.69) is 33.6 Å². The van der Waals surface area contributed by atoms with Gasteiger partial charge in [-0.15, -0.1) is 0 Å². The highest BCUT2D eigenvalue weighted by atomic mass is 16.5. The highest BCUT2D eigenvalue weighted by molar-refractivity contribution is 5.74. The third-order valence-corrected chi connectivity index (χ3v) is 5.57. The molecule has 0 spiro atoms. The van der Waals surface area contributed by atoms with Gasteiger partial charge in [0, 0.05) is 26.2 Å². The van der Waals surface area contributed by atoms with E-state index in [0.29, 0.717) is 36.5 Å². The third-order valence-electron chi connectivity index (χ3n) is 5.57. The first-order valence-electron chi connectivity index (χ1n) is 10.0. The Morgan fingerprint density at radius 1 is 1.21 bits per heavy atom. The molecule has 2 aromatic heterocycles. The van der Waals surface area contributed by atoms with Gasteiger partial charge in [-0.25, -0.2) is 9.67 Å². The van der Waals surface area contributed by atoms with Crippen molar-refractivity contribution in [1.29, 1.82) is 0 Å². The summed E-state index contributed by atoms with van der Waals surface area (Å²) in [5, 5.41) is 8.27. The number of rotatable bonds is 4. The fraction of sp³-hybridized carbons (Fsp3) is 0.318. The number of nitrogens with one attached hydrogen (secondary N) is 2. The molecule has 29 heavy (non-hydrogen) atoms. The van der Waals surface area contributed by atoms with E-state index in [0.717, 1.165) is 24.9 Å². The molecule has 2 N–H and O–H groups in total. The maximum atomic E-state index is 12.7. The topological polar surface area (TPSA) is 84.8 Å². The van der Waals surface area contributed by atoms with Gasteiger partial charge in [-0.05, 0) is 41.8 Å². The fourth-order valence-electron chi connectivity index (χ4n) is 4.08. The number of hydrogen-bond acceptors (Lipinski definition) is 5. The molecule has 0 radical (unpaired) electrons. The number of hydrogen-bond donors (Lipinski definition) is 2. The number of aromatic amines is 1. The molecule has 7 nitrogen and oxygen atoms in total. The minimum absolute atomic E-state index is 0.137. The number of fused-ring (bicyclic) bond motifs is 1. The van der Waals surface area contributed by atoms with E-state index < -0.39 is 0 Å². The molecule has 0 aliphatic carbocycles. The fourth-order valence-corrected chi connectivity index (χ4v) is 4.08. The SMILES string of the molecule is O=c1[nH]c(Cc2ccccc2C2=CC=CNC2)nc2c1cnn2C1CCOCC1. The Hall–Kier alpha value is -3.19. The molecule has 0 saturated carbocycles. The number of aromatic nitrogens is 4. The van der Waals surface area contributed by atoms with Gasteiger partial charge in [0.25, 0.3) is 5.56 Å². The van der Waals surface area contributed by atoms with Crippen molar-refractivity contribution in [1.82, 2.24) is 25.1 Å². The second-order valence-electron chi connectivity index (χ2n) is 7.45. The maximum absolute atomic E-state index is 12.7. The lowest BCUT2D eigenvalue weighted by atomic mass is 9.96. The molecule has 2 aliphatic rings. The van der Waals surface area contributed by atoms with Gasteiger partial charge in [-0.1, -0.05) is 30.3 Å². The monoisotopic (exact) mass is 389 g/mol. The molecule has 3 aromatic rings. The van der Waals surface area contributed by atoms with E-state index in [1.54, 1.807) is 6.20 Å². The average Bonchev–Trinajstić information content (AvgIpc) is 3.20. The number of nitrogens with zero attached hydrogens (tertiary/aromatic N) is 3. The number of dihydropyridines is 1. The lowest BCUT2D eigenvalue weighted by Gasteiger charge is -2.22. The number of ether oxygens (including phenoxy) is 1. The van der Waals surface area contributed by atoms with Crippen LogP contribution >= 0.6 is 0 Å². The Balaban J connectivity index is 1.52. The molecule has 5 rings (SSSR count). The first kappa shape index (κ1) is 17.9. The molecule has 1 fully saturated rings. The summed E-state index contributed by atoms with van der Waals surface area (Å²) in [5.74, 6) is 0.656. The van der Waals surface area contributed by atoms with Gasteiger partial charge in [0.1, 0.15) is 11.2 Å². The zero-order chi connectivity index (χ0) is 19.6. The minimum atomic E-state index is -0.137. The molecule has 0 bridgehead atoms. The van der Waals surface area contributed by atoms with Crippen molar-refractivity contribution in [2.75, 3.05) is 19.8 Å². The van der Waals surface area contributed by atoms with Crippen LogP contribution in [0.2, 0.25) is 0 Å². The van der Waals surface area contributed by atoms with Crippen LogP contribution in [-0.4, -0.2) is 39.5 Å². The van der Waals surface area contributed by atoms with Gasteiger partial charge in [-0.3, -0.25) is 4.79 Å². The standard InChI is InChI=1S/C22H23N5O2/c28-22-19-14-24-27(17-7-10-29-11-8-17)21(19)25-20(26-22)12-15-4-1-2-6-18(15)16-5-3-9-23-13-16/h1-6,9,14,17,23H,7-8,10-13H2,(H,25,26,28). The quantitative estimate of drug-likeness (QED) is 0.716. The van der Waals surface area contributed by atoms with Crippen LogP contribution in [0.5, 0.6) is 0 Å². The van der Waals surface area contributed by atoms with E-state index in [1.807, 2.05) is 29.1 Å². The smallest absolute Gasteiger partial charge is 0.262 e. The van der Waals surface area contributed by atoms with Gasteiger partial charge < -0.3 is 15.0 Å². The average molecular weight is 389 g/mol. The summed E-state index contributed by atoms with van der Waals surface area (Å²) in [6.45, 7) is 2.22. The van der Waals surface area contributed by atoms with Gasteiger partial charge in [0.05, 0.1) is 12.2 Å². The molecule has 1 saturated heterocycles. The largest absolute Gasteiger partial charge is 0.387 e. The lowest BCUT2D eigenvalue weighted by molar-refractivity contribution is 0.0673. The number of H-pyrrole nitrogens is 1. The van der Waals surface area contributed by atoms with Gasteiger partial charge in [0.2, 0.25) is 0 Å². The van der Waals surface area contributed by atoms with Crippen LogP contribution in [0.1, 0.15) is 35.8 Å². The molecule has 7 heteroatoms. The number of benzene rings is 1. The predicted molar refractivity (Wildman–Crippen MR) is 112 cm³/mol. The first-order chi connectivity index (χ1) is 14.3. The molecule has 1 aromatic carbocycles. The van der Waals surface area contributed by atoms with E-state index in [1.165, 1.54) is 11.1 Å². The Kier molecular flexibility index (Phi) is 4.73. The van der Waals surface area contributed by atoms with Crippen molar-refractivity contribution in [2.24, 2.45) is 0 Å². The highest BCUT2D eigenvalue weighted by Gasteiger charge is 2.21. The summed E-state index contributed by atoms with van der Waals surface area (Å²) in [4.78, 5) is 20.4. The molecule has 148 valence electrons. The molecule has 2 aliphatic heterocycles. The Morgan fingerprint density at radius 2 is 2.07 bits per heavy atom. The normalized spacial score (nSPS) is 17.3. The molecule has 0 atom stereocenters. The van der Waals surface area contributed by atoms with Crippen molar-refractivity contribution in [2.45, 2.75) is 25.3 Å². The molecule has 4 heterocycles. The summed E-state index contributed by atoms with van der Waals surface area (Å²) < 4.78 is 7.37. The van der Waals surface area contributed by atoms with Gasteiger partial charge in [-0.2, -0.15) is 5.10 Å². The van der Waals surface area contributed by atoms with Crippen LogP contribution in [0.3, 0.4) is 0 Å². The Bertz CT molecular complexity index is 1150. The summed E-state index contributed by atoms with van der Waals surface area (Å²) in [7, 11) is 0. The number of allylic oxidation sites excluding steroid dienone is 2. The van der Waals surface area contributed by atoms with Crippen LogP contribution in [0.4, 0.5) is 0 Å². The van der Waals surface area contributed by atoms with E-state index in [-0.39, 0.29) is 11.6 Å². The Morgan fingerprint density at radius 3 is 2.90 bits per heavy atom. The summed E-state index contributed by atoms with van der Waals surface area (Å²) in [6.07, 6.45) is 10.0. The van der Waals surface area contributed by atoms with Crippen LogP contribution in [-0.2, 0) is 11.2 Å². The maximum Gasteiger partial charge on any atom is 0.262 e. The van der Waals surface area contributed by atoms with Gasteiger partial charge in [0.15, 0.2) is 5.65 Å². The predicted octanol–water partition coefficient (Wildman–Crippen LogP) is 2.56. The third kappa shape index (κ3) is 3.49.